The zero-order chi connectivity index (χ0) is 28.5. The van der Waals surface area contributed by atoms with Gasteiger partial charge in [0.25, 0.3) is 0 Å². The van der Waals surface area contributed by atoms with Gasteiger partial charge in [-0.25, -0.2) is 9.18 Å². The number of nitrogens with one attached hydrogen (secondary N) is 2. The lowest BCUT2D eigenvalue weighted by molar-refractivity contribution is -0.137. The Balaban J connectivity index is 1.99. The maximum Gasteiger partial charge on any atom is 0.323 e. The first-order valence-electron chi connectivity index (χ1n) is 13.3. The number of halogens is 2. The average Bonchev–Trinajstić information content (AvgIpc) is 2.88. The molecule has 1 fully saturated rings. The van der Waals surface area contributed by atoms with Gasteiger partial charge in [-0.15, -0.1) is 0 Å². The molecule has 214 valence electrons. The van der Waals surface area contributed by atoms with Gasteiger partial charge >= 0.3 is 12.0 Å². The van der Waals surface area contributed by atoms with Gasteiger partial charge in [0, 0.05) is 37.7 Å². The van der Waals surface area contributed by atoms with Gasteiger partial charge in [-0.2, -0.15) is 0 Å². The lowest BCUT2D eigenvalue weighted by Crippen LogP contribution is -2.42. The molecule has 1 saturated carbocycles. The van der Waals surface area contributed by atoms with Crippen LogP contribution >= 0.6 is 11.6 Å². The number of benzene rings is 2. The number of methoxy groups -OCH3 is 2. The standard InChI is InChI=1S/C29H39ClFN3O5/c1-18(2)16-34(22-7-9-23(39-4)10-8-22)27-12-5-19(20(17-38-3)14-28(35)36)13-26(27)33-29(37)32-25-11-6-21(30)15-24(25)31/h5-6,11-13,15,18,20,22-23H,7-10,14,16-17H2,1-4H3,(H,35,36)(H2,32,33,37)/t20?,22-,23+. The molecule has 0 aromatic heterocycles. The summed E-state index contributed by atoms with van der Waals surface area (Å²) in [4.78, 5) is 26.9. The van der Waals surface area contributed by atoms with Crippen LogP contribution in [0.4, 0.5) is 26.2 Å². The minimum Gasteiger partial charge on any atom is -0.481 e. The summed E-state index contributed by atoms with van der Waals surface area (Å²) in [5.74, 6) is -1.65. The van der Waals surface area contributed by atoms with E-state index in [2.05, 4.69) is 29.4 Å². The van der Waals surface area contributed by atoms with Crippen molar-refractivity contribution in [2.24, 2.45) is 5.92 Å². The molecule has 3 N–H and O–H groups in total. The molecule has 0 saturated heterocycles. The summed E-state index contributed by atoms with van der Waals surface area (Å²) in [5, 5.41) is 15.1. The molecule has 1 aliphatic rings. The topological polar surface area (TPSA) is 100 Å². The molecular weight excluding hydrogens is 525 g/mol. The van der Waals surface area contributed by atoms with Crippen LogP contribution in [-0.4, -0.2) is 56.6 Å². The van der Waals surface area contributed by atoms with Crippen LogP contribution in [0.1, 0.15) is 57.4 Å². The monoisotopic (exact) mass is 563 g/mol. The molecule has 0 spiro atoms. The molecule has 39 heavy (non-hydrogen) atoms. The largest absolute Gasteiger partial charge is 0.481 e. The summed E-state index contributed by atoms with van der Waals surface area (Å²) >= 11 is 5.85. The minimum absolute atomic E-state index is 0.00494. The van der Waals surface area contributed by atoms with Crippen LogP contribution in [0, 0.1) is 11.7 Å². The predicted octanol–water partition coefficient (Wildman–Crippen LogP) is 6.75. The van der Waals surface area contributed by atoms with Crippen molar-refractivity contribution < 1.29 is 28.6 Å². The SMILES string of the molecule is COCC(CC(=O)O)c1ccc(N(CC(C)C)[C@H]2CC[C@@H](OC)CC2)c(NC(=O)Nc2ccc(Cl)cc2F)c1. The van der Waals surface area contributed by atoms with E-state index in [4.69, 9.17) is 21.1 Å². The second-order valence-electron chi connectivity index (χ2n) is 10.4. The van der Waals surface area contributed by atoms with Crippen molar-refractivity contribution in [1.29, 1.82) is 0 Å². The van der Waals surface area contributed by atoms with Crippen molar-refractivity contribution in [1.82, 2.24) is 0 Å². The fourth-order valence-corrected chi connectivity index (χ4v) is 5.30. The molecule has 8 nitrogen and oxygen atoms in total. The van der Waals surface area contributed by atoms with E-state index in [0.717, 1.165) is 49.5 Å². The average molecular weight is 564 g/mol. The number of carbonyl (C=O) groups is 2. The first-order chi connectivity index (χ1) is 18.6. The number of carboxylic acids is 1. The first kappa shape index (κ1) is 30.7. The van der Waals surface area contributed by atoms with Crippen LogP contribution in [-0.2, 0) is 14.3 Å². The minimum atomic E-state index is -0.942. The smallest absolute Gasteiger partial charge is 0.323 e. The van der Waals surface area contributed by atoms with Crippen molar-refractivity contribution in [2.75, 3.05) is 42.9 Å². The van der Waals surface area contributed by atoms with Gasteiger partial charge in [0.2, 0.25) is 0 Å². The van der Waals surface area contributed by atoms with E-state index in [0.29, 0.717) is 11.6 Å². The summed E-state index contributed by atoms with van der Waals surface area (Å²) in [7, 11) is 3.27. The number of carboxylic acid groups (broad SMARTS) is 1. The second kappa shape index (κ2) is 14.5. The van der Waals surface area contributed by atoms with Gasteiger partial charge in [0.05, 0.1) is 36.2 Å². The van der Waals surface area contributed by atoms with E-state index in [1.807, 2.05) is 12.1 Å². The number of rotatable bonds is 12. The Morgan fingerprint density at radius 1 is 1.08 bits per heavy atom. The van der Waals surface area contributed by atoms with Gasteiger partial charge < -0.3 is 30.1 Å². The fraction of sp³-hybridized carbons (Fsp3) is 0.517. The van der Waals surface area contributed by atoms with Crippen molar-refractivity contribution in [3.8, 4) is 0 Å². The lowest BCUT2D eigenvalue weighted by atomic mass is 9.90. The van der Waals surface area contributed by atoms with Crippen LogP contribution in [0.15, 0.2) is 36.4 Å². The van der Waals surface area contributed by atoms with E-state index in [1.54, 1.807) is 13.2 Å². The number of ether oxygens (including phenoxy) is 2. The Kier molecular flexibility index (Phi) is 11.4. The van der Waals surface area contributed by atoms with Gasteiger partial charge in [0.1, 0.15) is 5.82 Å². The number of nitrogens with zero attached hydrogens (tertiary/aromatic N) is 1. The highest BCUT2D eigenvalue weighted by molar-refractivity contribution is 6.30. The van der Waals surface area contributed by atoms with E-state index < -0.39 is 23.7 Å². The highest BCUT2D eigenvalue weighted by atomic mass is 35.5. The molecule has 2 aromatic rings. The number of urea groups is 1. The Morgan fingerprint density at radius 2 is 1.77 bits per heavy atom. The normalized spacial score (nSPS) is 18.0. The van der Waals surface area contributed by atoms with Crippen molar-refractivity contribution >= 4 is 40.7 Å². The number of hydrogen-bond acceptors (Lipinski definition) is 5. The number of aliphatic carboxylic acids is 1. The molecule has 1 atom stereocenters. The third-order valence-corrected chi connectivity index (χ3v) is 7.23. The van der Waals surface area contributed by atoms with Crippen LogP contribution < -0.4 is 15.5 Å². The molecule has 2 aromatic carbocycles. The zero-order valence-corrected chi connectivity index (χ0v) is 23.8. The van der Waals surface area contributed by atoms with Crippen molar-refractivity contribution in [2.45, 2.75) is 64.0 Å². The maximum atomic E-state index is 14.4. The number of anilines is 3. The summed E-state index contributed by atoms with van der Waals surface area (Å²) in [6.07, 6.45) is 3.90. The molecule has 0 radical (unpaired) electrons. The molecule has 0 bridgehead atoms. The number of amides is 2. The van der Waals surface area contributed by atoms with Crippen LogP contribution in [0.5, 0.6) is 0 Å². The van der Waals surface area contributed by atoms with Crippen molar-refractivity contribution in [3.05, 3.63) is 52.8 Å². The molecule has 10 heteroatoms. The molecular formula is C29H39ClFN3O5. The number of carbonyl (C=O) groups excluding carboxylic acids is 1. The number of hydrogen-bond donors (Lipinski definition) is 3. The van der Waals surface area contributed by atoms with Crippen molar-refractivity contribution in [3.63, 3.8) is 0 Å². The Morgan fingerprint density at radius 3 is 2.36 bits per heavy atom. The van der Waals surface area contributed by atoms with E-state index in [-0.39, 0.29) is 35.9 Å². The Labute approximate surface area is 234 Å². The highest BCUT2D eigenvalue weighted by Gasteiger charge is 2.29. The molecule has 1 aliphatic carbocycles. The highest BCUT2D eigenvalue weighted by Crippen LogP contribution is 2.36. The van der Waals surface area contributed by atoms with Gasteiger partial charge in [-0.3, -0.25) is 4.79 Å². The Hall–Kier alpha value is -2.88. The zero-order valence-electron chi connectivity index (χ0n) is 23.0. The second-order valence-corrected chi connectivity index (χ2v) is 10.9. The molecule has 2 amide bonds. The summed E-state index contributed by atoms with van der Waals surface area (Å²) in [5.41, 5.74) is 2.06. The van der Waals surface area contributed by atoms with Gasteiger partial charge in [-0.05, 0) is 67.5 Å². The summed E-state index contributed by atoms with van der Waals surface area (Å²) in [6.45, 7) is 5.27. The van der Waals surface area contributed by atoms with E-state index in [9.17, 15) is 19.1 Å². The molecule has 0 aliphatic heterocycles. The summed E-state index contributed by atoms with van der Waals surface area (Å²) in [6, 6.07) is 9.28. The van der Waals surface area contributed by atoms with Crippen LogP contribution in [0.25, 0.3) is 0 Å². The molecule has 3 rings (SSSR count). The fourth-order valence-electron chi connectivity index (χ4n) is 5.14. The van der Waals surface area contributed by atoms with Crippen LogP contribution in [0.3, 0.4) is 0 Å². The van der Waals surface area contributed by atoms with Crippen LogP contribution in [0.2, 0.25) is 5.02 Å². The first-order valence-corrected chi connectivity index (χ1v) is 13.7. The van der Waals surface area contributed by atoms with Gasteiger partial charge in [-0.1, -0.05) is 31.5 Å². The third-order valence-electron chi connectivity index (χ3n) is 7.00. The molecule has 0 heterocycles. The maximum absolute atomic E-state index is 14.4. The Bertz CT molecular complexity index is 1120. The van der Waals surface area contributed by atoms with Gasteiger partial charge in [0.15, 0.2) is 0 Å². The summed E-state index contributed by atoms with van der Waals surface area (Å²) < 4.78 is 25.2. The third kappa shape index (κ3) is 8.81. The quantitative estimate of drug-likeness (QED) is 0.264. The molecule has 1 unspecified atom stereocenters. The predicted molar refractivity (Wildman–Crippen MR) is 153 cm³/mol. The van der Waals surface area contributed by atoms with E-state index >= 15 is 0 Å². The van der Waals surface area contributed by atoms with E-state index in [1.165, 1.54) is 19.2 Å². The lowest BCUT2D eigenvalue weighted by Gasteiger charge is -2.40.